The van der Waals surface area contributed by atoms with E-state index < -0.39 is 0 Å². The van der Waals surface area contributed by atoms with Crippen molar-refractivity contribution in [3.8, 4) is 0 Å². The lowest BCUT2D eigenvalue weighted by Gasteiger charge is -2.24. The molecule has 0 saturated heterocycles. The topological polar surface area (TPSA) is 60.3 Å². The van der Waals surface area contributed by atoms with Gasteiger partial charge < -0.3 is 14.6 Å². The SMILES string of the molecule is COC(=O)C(CNC(=O)c1cc2cc(Cl)ccc2n1C)CC(C)(C)C. The number of nitrogens with zero attached hydrogens (tertiary/aromatic N) is 1. The number of aryl methyl sites for hydroxylation is 1. The molecule has 6 heteroatoms. The van der Waals surface area contributed by atoms with Crippen LogP contribution in [0.1, 0.15) is 37.7 Å². The van der Waals surface area contributed by atoms with E-state index in [0.717, 1.165) is 10.9 Å². The van der Waals surface area contributed by atoms with E-state index in [9.17, 15) is 9.59 Å². The minimum atomic E-state index is -0.377. The van der Waals surface area contributed by atoms with Gasteiger partial charge in [-0.05, 0) is 36.1 Å². The minimum absolute atomic E-state index is 0.0417. The molecule has 0 saturated carbocycles. The van der Waals surface area contributed by atoms with Crippen LogP contribution >= 0.6 is 11.6 Å². The molecule has 1 aromatic heterocycles. The largest absolute Gasteiger partial charge is 0.469 e. The summed E-state index contributed by atoms with van der Waals surface area (Å²) in [6.07, 6.45) is 0.630. The summed E-state index contributed by atoms with van der Waals surface area (Å²) >= 11 is 6.01. The molecule has 0 radical (unpaired) electrons. The molecule has 1 N–H and O–H groups in total. The maximum atomic E-state index is 12.6. The number of nitrogens with one attached hydrogen (secondary N) is 1. The van der Waals surface area contributed by atoms with Crippen molar-refractivity contribution >= 4 is 34.4 Å². The zero-order valence-corrected chi connectivity index (χ0v) is 16.1. The maximum absolute atomic E-state index is 12.6. The van der Waals surface area contributed by atoms with Crippen LogP contribution in [0.5, 0.6) is 0 Å². The average Bonchev–Trinajstić information content (AvgIpc) is 2.85. The van der Waals surface area contributed by atoms with Gasteiger partial charge in [-0.25, -0.2) is 0 Å². The minimum Gasteiger partial charge on any atom is -0.469 e. The second-order valence-corrected chi connectivity index (χ2v) is 7.92. The van der Waals surface area contributed by atoms with Gasteiger partial charge in [0.25, 0.3) is 5.91 Å². The molecule has 5 nitrogen and oxygen atoms in total. The first-order valence-corrected chi connectivity index (χ1v) is 8.61. The van der Waals surface area contributed by atoms with Gasteiger partial charge in [0.2, 0.25) is 0 Å². The van der Waals surface area contributed by atoms with E-state index in [2.05, 4.69) is 26.1 Å². The van der Waals surface area contributed by atoms with E-state index >= 15 is 0 Å². The summed E-state index contributed by atoms with van der Waals surface area (Å²) in [6, 6.07) is 7.30. The smallest absolute Gasteiger partial charge is 0.310 e. The molecule has 0 spiro atoms. The number of benzene rings is 1. The van der Waals surface area contributed by atoms with E-state index in [4.69, 9.17) is 16.3 Å². The molecule has 1 amide bonds. The Balaban J connectivity index is 2.15. The van der Waals surface area contributed by atoms with Gasteiger partial charge in [-0.1, -0.05) is 32.4 Å². The fraction of sp³-hybridized carbons (Fsp3) is 0.474. The Morgan fingerprint density at radius 3 is 2.56 bits per heavy atom. The Bertz CT molecular complexity index is 790. The molecule has 1 heterocycles. The molecule has 0 aliphatic heterocycles. The van der Waals surface area contributed by atoms with Crippen LogP contribution in [0.25, 0.3) is 10.9 Å². The number of esters is 1. The molecule has 1 atom stereocenters. The Labute approximate surface area is 153 Å². The lowest BCUT2D eigenvalue weighted by molar-refractivity contribution is -0.146. The Morgan fingerprint density at radius 2 is 1.96 bits per heavy atom. The molecule has 2 rings (SSSR count). The normalized spacial score (nSPS) is 12.9. The van der Waals surface area contributed by atoms with E-state index in [1.165, 1.54) is 7.11 Å². The fourth-order valence-corrected chi connectivity index (χ4v) is 3.17. The van der Waals surface area contributed by atoms with Crippen LogP contribution in [0.3, 0.4) is 0 Å². The maximum Gasteiger partial charge on any atom is 0.310 e. The van der Waals surface area contributed by atoms with Crippen LogP contribution in [0.4, 0.5) is 0 Å². The number of ether oxygens (including phenoxy) is 1. The number of aromatic nitrogens is 1. The standard InChI is InChI=1S/C19H25ClN2O3/c1-19(2,3)10-13(18(24)25-5)11-21-17(23)16-9-12-8-14(20)6-7-15(12)22(16)4/h6-9,13H,10-11H2,1-5H3,(H,21,23). The second-order valence-electron chi connectivity index (χ2n) is 7.49. The number of fused-ring (bicyclic) bond motifs is 1. The lowest BCUT2D eigenvalue weighted by Crippen LogP contribution is -2.36. The van der Waals surface area contributed by atoms with Crippen LogP contribution in [-0.4, -0.2) is 30.1 Å². The first-order chi connectivity index (χ1) is 11.6. The summed E-state index contributed by atoms with van der Waals surface area (Å²) in [6.45, 7) is 6.40. The number of hydrogen-bond acceptors (Lipinski definition) is 3. The van der Waals surface area contributed by atoms with Crippen LogP contribution in [0.2, 0.25) is 5.02 Å². The lowest BCUT2D eigenvalue weighted by atomic mass is 9.84. The Morgan fingerprint density at radius 1 is 1.28 bits per heavy atom. The molecule has 0 aliphatic rings. The highest BCUT2D eigenvalue weighted by Gasteiger charge is 2.26. The summed E-state index contributed by atoms with van der Waals surface area (Å²) in [4.78, 5) is 24.6. The third-order valence-corrected chi connectivity index (χ3v) is 4.37. The van der Waals surface area contributed by atoms with Crippen molar-refractivity contribution in [3.05, 3.63) is 35.0 Å². The molecule has 0 aliphatic carbocycles. The molecule has 25 heavy (non-hydrogen) atoms. The molecular formula is C19H25ClN2O3. The highest BCUT2D eigenvalue weighted by atomic mass is 35.5. The fourth-order valence-electron chi connectivity index (χ4n) is 2.99. The first kappa shape index (κ1) is 19.3. The molecular weight excluding hydrogens is 340 g/mol. The van der Waals surface area contributed by atoms with Gasteiger partial charge in [0, 0.05) is 29.5 Å². The van der Waals surface area contributed by atoms with Crippen LogP contribution < -0.4 is 5.32 Å². The van der Waals surface area contributed by atoms with Gasteiger partial charge >= 0.3 is 5.97 Å². The summed E-state index contributed by atoms with van der Waals surface area (Å²) in [5.41, 5.74) is 1.41. The number of hydrogen-bond donors (Lipinski definition) is 1. The Kier molecular flexibility index (Phi) is 5.78. The van der Waals surface area contributed by atoms with Gasteiger partial charge in [-0.15, -0.1) is 0 Å². The van der Waals surface area contributed by atoms with Crippen molar-refractivity contribution in [2.24, 2.45) is 18.4 Å². The quantitative estimate of drug-likeness (QED) is 0.821. The molecule has 0 bridgehead atoms. The zero-order chi connectivity index (χ0) is 18.8. The third-order valence-electron chi connectivity index (χ3n) is 4.14. The molecule has 0 fully saturated rings. The van der Waals surface area contributed by atoms with Crippen LogP contribution in [0, 0.1) is 11.3 Å². The predicted molar refractivity (Wildman–Crippen MR) is 99.8 cm³/mol. The monoisotopic (exact) mass is 364 g/mol. The van der Waals surface area contributed by atoms with Gasteiger partial charge in [-0.2, -0.15) is 0 Å². The summed E-state index contributed by atoms with van der Waals surface area (Å²) in [7, 11) is 3.20. The third kappa shape index (κ3) is 4.75. The van der Waals surface area contributed by atoms with Crippen LogP contribution in [-0.2, 0) is 16.6 Å². The number of carbonyl (C=O) groups is 2. The molecule has 1 unspecified atom stereocenters. The van der Waals surface area contributed by atoms with Crippen molar-refractivity contribution in [2.75, 3.05) is 13.7 Å². The van der Waals surface area contributed by atoms with Crippen LogP contribution in [0.15, 0.2) is 24.3 Å². The van der Waals surface area contributed by atoms with Crippen molar-refractivity contribution < 1.29 is 14.3 Å². The highest BCUT2D eigenvalue weighted by molar-refractivity contribution is 6.31. The number of carbonyl (C=O) groups excluding carboxylic acids is 2. The van der Waals surface area contributed by atoms with Crippen molar-refractivity contribution in [2.45, 2.75) is 27.2 Å². The molecule has 136 valence electrons. The second kappa shape index (κ2) is 7.48. The zero-order valence-electron chi connectivity index (χ0n) is 15.4. The Hall–Kier alpha value is -2.01. The first-order valence-electron chi connectivity index (χ1n) is 8.23. The van der Waals surface area contributed by atoms with E-state index in [0.29, 0.717) is 17.1 Å². The van der Waals surface area contributed by atoms with Gasteiger partial charge in [-0.3, -0.25) is 9.59 Å². The summed E-state index contributed by atoms with van der Waals surface area (Å²) < 4.78 is 6.69. The number of methoxy groups -OCH3 is 1. The highest BCUT2D eigenvalue weighted by Crippen LogP contribution is 2.25. The predicted octanol–water partition coefficient (Wildman–Crippen LogP) is 3.79. The number of halogens is 1. The average molecular weight is 365 g/mol. The summed E-state index contributed by atoms with van der Waals surface area (Å²) in [5.74, 6) is -0.908. The number of amides is 1. The van der Waals surface area contributed by atoms with Crippen molar-refractivity contribution in [3.63, 3.8) is 0 Å². The number of rotatable bonds is 5. The van der Waals surface area contributed by atoms with E-state index in [-0.39, 0.29) is 29.8 Å². The molecule has 1 aromatic carbocycles. The van der Waals surface area contributed by atoms with E-state index in [1.54, 1.807) is 12.1 Å². The van der Waals surface area contributed by atoms with Gasteiger partial charge in [0.05, 0.1) is 13.0 Å². The van der Waals surface area contributed by atoms with Crippen molar-refractivity contribution in [1.82, 2.24) is 9.88 Å². The summed E-state index contributed by atoms with van der Waals surface area (Å²) in [5, 5.41) is 4.39. The van der Waals surface area contributed by atoms with Gasteiger partial charge in [0.1, 0.15) is 5.69 Å². The van der Waals surface area contributed by atoms with Gasteiger partial charge in [0.15, 0.2) is 0 Å². The molecule has 2 aromatic rings. The van der Waals surface area contributed by atoms with E-state index in [1.807, 2.05) is 23.7 Å². The van der Waals surface area contributed by atoms with Crippen molar-refractivity contribution in [1.29, 1.82) is 0 Å².